The molecule has 0 aliphatic rings. The van der Waals surface area contributed by atoms with Crippen LogP contribution in [0.4, 0.5) is 10.1 Å². The number of anilines is 1. The Labute approximate surface area is 235 Å². The fourth-order valence-corrected chi connectivity index (χ4v) is 5.62. The zero-order chi connectivity index (χ0) is 29.4. The van der Waals surface area contributed by atoms with E-state index in [1.54, 1.807) is 6.92 Å². The highest BCUT2D eigenvalue weighted by Gasteiger charge is 2.34. The summed E-state index contributed by atoms with van der Waals surface area (Å²) in [4.78, 5) is 28.5. The highest BCUT2D eigenvalue weighted by molar-refractivity contribution is 7.92. The molecule has 0 heterocycles. The minimum atomic E-state index is -4.26. The summed E-state index contributed by atoms with van der Waals surface area (Å²) >= 11 is 0. The van der Waals surface area contributed by atoms with Gasteiger partial charge in [0, 0.05) is 12.6 Å². The van der Waals surface area contributed by atoms with Crippen LogP contribution in [0.15, 0.2) is 77.7 Å². The fraction of sp³-hybridized carbons (Fsp3) is 0.333. The molecule has 0 radical (unpaired) electrons. The van der Waals surface area contributed by atoms with Crippen LogP contribution in [0.5, 0.6) is 5.75 Å². The first-order valence-electron chi connectivity index (χ1n) is 13.0. The van der Waals surface area contributed by atoms with Gasteiger partial charge in [0.05, 0.1) is 17.7 Å². The molecule has 0 saturated heterocycles. The maximum atomic E-state index is 14.0. The van der Waals surface area contributed by atoms with Crippen molar-refractivity contribution in [2.24, 2.45) is 0 Å². The number of methoxy groups -OCH3 is 1. The number of benzene rings is 3. The second kappa shape index (κ2) is 13.4. The zero-order valence-corrected chi connectivity index (χ0v) is 24.2. The van der Waals surface area contributed by atoms with Crippen molar-refractivity contribution in [1.82, 2.24) is 10.2 Å². The molecule has 3 aromatic rings. The first-order chi connectivity index (χ1) is 19.0. The number of aryl methyl sites for hydroxylation is 1. The number of nitrogens with one attached hydrogen (secondary N) is 1. The number of hydrogen-bond acceptors (Lipinski definition) is 5. The molecular formula is C30H36FN3O5S. The summed E-state index contributed by atoms with van der Waals surface area (Å²) < 4.78 is 47.5. The van der Waals surface area contributed by atoms with Crippen LogP contribution < -0.4 is 14.4 Å². The summed E-state index contributed by atoms with van der Waals surface area (Å²) in [5.41, 5.74) is 1.95. The maximum Gasteiger partial charge on any atom is 0.264 e. The first-order valence-corrected chi connectivity index (χ1v) is 14.5. The van der Waals surface area contributed by atoms with Crippen molar-refractivity contribution in [2.45, 2.75) is 57.6 Å². The van der Waals surface area contributed by atoms with Gasteiger partial charge < -0.3 is 15.0 Å². The molecule has 0 aliphatic heterocycles. The largest absolute Gasteiger partial charge is 0.497 e. The monoisotopic (exact) mass is 569 g/mol. The topological polar surface area (TPSA) is 96.0 Å². The van der Waals surface area contributed by atoms with Crippen molar-refractivity contribution < 1.29 is 27.1 Å². The van der Waals surface area contributed by atoms with Gasteiger partial charge in [-0.3, -0.25) is 13.9 Å². The van der Waals surface area contributed by atoms with Crippen molar-refractivity contribution in [3.8, 4) is 5.75 Å². The number of sulfonamides is 1. The van der Waals surface area contributed by atoms with E-state index < -0.39 is 34.3 Å². The predicted molar refractivity (Wildman–Crippen MR) is 153 cm³/mol. The number of ether oxygens (including phenoxy) is 1. The molecule has 8 nitrogen and oxygen atoms in total. The zero-order valence-electron chi connectivity index (χ0n) is 23.4. The lowest BCUT2D eigenvalue weighted by atomic mass is 10.1. The Morgan fingerprint density at radius 3 is 2.08 bits per heavy atom. The van der Waals surface area contributed by atoms with Gasteiger partial charge in [-0.05, 0) is 81.3 Å². The van der Waals surface area contributed by atoms with E-state index in [9.17, 15) is 22.4 Å². The molecule has 1 N–H and O–H groups in total. The van der Waals surface area contributed by atoms with Gasteiger partial charge in [-0.25, -0.2) is 12.8 Å². The summed E-state index contributed by atoms with van der Waals surface area (Å²) in [6, 6.07) is 17.2. The number of carbonyl (C=O) groups is 2. The Balaban J connectivity index is 2.05. The molecule has 0 aliphatic carbocycles. The second-order valence-corrected chi connectivity index (χ2v) is 11.6. The molecule has 0 bridgehead atoms. The van der Waals surface area contributed by atoms with Crippen LogP contribution in [0.3, 0.4) is 0 Å². The standard InChI is InChI=1S/C30H36FN3O5S/c1-6-28(30(36)32-21(2)3)33(19-23-9-7-22(4)8-10-23)29(35)20-34(25-13-11-24(31)12-14-25)40(37,38)27-17-15-26(39-5)16-18-27/h7-18,21,28H,6,19-20H2,1-5H3,(H,32,36)/t28-/m0/s1. The molecule has 0 fully saturated rings. The average molecular weight is 570 g/mol. The lowest BCUT2D eigenvalue weighted by molar-refractivity contribution is -0.140. The summed E-state index contributed by atoms with van der Waals surface area (Å²) in [5, 5.41) is 2.86. The van der Waals surface area contributed by atoms with E-state index in [0.29, 0.717) is 12.2 Å². The van der Waals surface area contributed by atoms with Crippen LogP contribution in [-0.4, -0.2) is 50.9 Å². The minimum absolute atomic E-state index is 0.0694. The van der Waals surface area contributed by atoms with Crippen molar-refractivity contribution in [2.75, 3.05) is 18.0 Å². The van der Waals surface area contributed by atoms with Crippen molar-refractivity contribution >= 4 is 27.5 Å². The normalized spacial score (nSPS) is 12.1. The Morgan fingerprint density at radius 2 is 1.55 bits per heavy atom. The SMILES string of the molecule is CC[C@@H](C(=O)NC(C)C)N(Cc1ccc(C)cc1)C(=O)CN(c1ccc(F)cc1)S(=O)(=O)c1ccc(OC)cc1. The number of halogens is 1. The third-order valence-corrected chi connectivity index (χ3v) is 8.12. The number of carbonyl (C=O) groups excluding carboxylic acids is 2. The molecule has 0 saturated carbocycles. The molecule has 3 aromatic carbocycles. The summed E-state index contributed by atoms with van der Waals surface area (Å²) in [6.45, 7) is 6.90. The van der Waals surface area contributed by atoms with Gasteiger partial charge in [-0.2, -0.15) is 0 Å². The van der Waals surface area contributed by atoms with Gasteiger partial charge in [0.1, 0.15) is 24.2 Å². The highest BCUT2D eigenvalue weighted by Crippen LogP contribution is 2.26. The van der Waals surface area contributed by atoms with E-state index in [4.69, 9.17) is 4.74 Å². The van der Waals surface area contributed by atoms with E-state index in [2.05, 4.69) is 5.32 Å². The molecule has 0 unspecified atom stereocenters. The van der Waals surface area contributed by atoms with Crippen LogP contribution in [-0.2, 0) is 26.2 Å². The lowest BCUT2D eigenvalue weighted by Gasteiger charge is -2.33. The molecule has 3 rings (SSSR count). The number of amides is 2. The van der Waals surface area contributed by atoms with E-state index in [1.165, 1.54) is 48.4 Å². The Morgan fingerprint density at radius 1 is 0.950 bits per heavy atom. The van der Waals surface area contributed by atoms with E-state index in [1.807, 2.05) is 45.0 Å². The maximum absolute atomic E-state index is 14.0. The Kier molecular flexibility index (Phi) is 10.3. The van der Waals surface area contributed by atoms with E-state index in [0.717, 1.165) is 27.6 Å². The van der Waals surface area contributed by atoms with Crippen LogP contribution in [0.2, 0.25) is 0 Å². The Bertz CT molecular complexity index is 1390. The van der Waals surface area contributed by atoms with Crippen molar-refractivity contribution in [3.05, 3.63) is 89.7 Å². The Hall–Kier alpha value is -3.92. The minimum Gasteiger partial charge on any atom is -0.497 e. The number of hydrogen-bond donors (Lipinski definition) is 1. The third-order valence-electron chi connectivity index (χ3n) is 6.33. The molecule has 2 amide bonds. The van der Waals surface area contributed by atoms with Gasteiger partial charge in [-0.15, -0.1) is 0 Å². The van der Waals surface area contributed by atoms with E-state index in [-0.39, 0.29) is 29.1 Å². The first kappa shape index (κ1) is 30.6. The van der Waals surface area contributed by atoms with Gasteiger partial charge in [0.2, 0.25) is 11.8 Å². The molecule has 0 spiro atoms. The summed E-state index contributed by atoms with van der Waals surface area (Å²) in [5.74, 6) is -0.985. The second-order valence-electron chi connectivity index (χ2n) is 9.76. The molecule has 0 aromatic heterocycles. The summed E-state index contributed by atoms with van der Waals surface area (Å²) in [7, 11) is -2.80. The highest BCUT2D eigenvalue weighted by atomic mass is 32.2. The molecule has 214 valence electrons. The summed E-state index contributed by atoms with van der Waals surface area (Å²) in [6.07, 6.45) is 0.317. The van der Waals surface area contributed by atoms with Gasteiger partial charge in [-0.1, -0.05) is 36.8 Å². The molecule has 40 heavy (non-hydrogen) atoms. The van der Waals surface area contributed by atoms with Crippen LogP contribution >= 0.6 is 0 Å². The average Bonchev–Trinajstić information content (AvgIpc) is 2.92. The molecular weight excluding hydrogens is 533 g/mol. The molecule has 1 atom stereocenters. The predicted octanol–water partition coefficient (Wildman–Crippen LogP) is 4.67. The quantitative estimate of drug-likeness (QED) is 0.342. The lowest BCUT2D eigenvalue weighted by Crippen LogP contribution is -2.53. The molecule has 10 heteroatoms. The fourth-order valence-electron chi connectivity index (χ4n) is 4.20. The van der Waals surface area contributed by atoms with Gasteiger partial charge in [0.25, 0.3) is 10.0 Å². The van der Waals surface area contributed by atoms with Crippen molar-refractivity contribution in [3.63, 3.8) is 0 Å². The smallest absolute Gasteiger partial charge is 0.264 e. The third kappa shape index (κ3) is 7.59. The number of rotatable bonds is 12. The van der Waals surface area contributed by atoms with Crippen molar-refractivity contribution in [1.29, 1.82) is 0 Å². The van der Waals surface area contributed by atoms with Crippen LogP contribution in [0, 0.1) is 12.7 Å². The van der Waals surface area contributed by atoms with Crippen LogP contribution in [0.25, 0.3) is 0 Å². The van der Waals surface area contributed by atoms with Gasteiger partial charge in [0.15, 0.2) is 0 Å². The van der Waals surface area contributed by atoms with Gasteiger partial charge >= 0.3 is 0 Å². The van der Waals surface area contributed by atoms with Crippen LogP contribution in [0.1, 0.15) is 38.3 Å². The number of nitrogens with zero attached hydrogens (tertiary/aromatic N) is 2. The van der Waals surface area contributed by atoms with E-state index >= 15 is 0 Å².